The highest BCUT2D eigenvalue weighted by Gasteiger charge is 2.29. The third-order valence-corrected chi connectivity index (χ3v) is 4.58. The molecule has 0 unspecified atom stereocenters. The molecule has 0 radical (unpaired) electrons. The molecule has 1 amide bonds. The van der Waals surface area contributed by atoms with Crippen LogP contribution in [0.1, 0.15) is 23.2 Å². The van der Waals surface area contributed by atoms with Crippen LogP contribution in [-0.2, 0) is 0 Å². The van der Waals surface area contributed by atoms with Gasteiger partial charge in [-0.15, -0.1) is 0 Å². The Hall–Kier alpha value is -1.07. The average molecular weight is 301 g/mol. The highest BCUT2D eigenvalue weighted by molar-refractivity contribution is 7.99. The van der Waals surface area contributed by atoms with Gasteiger partial charge in [-0.1, -0.05) is 11.6 Å². The molecule has 0 bridgehead atoms. The van der Waals surface area contributed by atoms with E-state index >= 15 is 0 Å². The molecule has 1 saturated carbocycles. The highest BCUT2D eigenvalue weighted by Crippen LogP contribution is 2.37. The monoisotopic (exact) mass is 300 g/mol. The second-order valence-corrected chi connectivity index (χ2v) is 6.14. The molecular formula is C13H17ClN2O2S. The van der Waals surface area contributed by atoms with Crippen molar-refractivity contribution in [1.82, 2.24) is 0 Å². The van der Waals surface area contributed by atoms with Crippen molar-refractivity contribution in [2.24, 2.45) is 5.73 Å². The van der Waals surface area contributed by atoms with E-state index in [2.05, 4.69) is 11.6 Å². The van der Waals surface area contributed by atoms with E-state index in [1.807, 2.05) is 11.8 Å². The third-order valence-electron chi connectivity index (χ3n) is 3.31. The van der Waals surface area contributed by atoms with Crippen molar-refractivity contribution >= 4 is 35.0 Å². The molecule has 1 aliphatic carbocycles. The van der Waals surface area contributed by atoms with E-state index in [0.717, 1.165) is 18.5 Å². The standard InChI is InChI=1S/C13H17ClN2O2S/c1-18-12-10(13(15)17)3-7(14)4-11(12)16-8-5-9(6-8)19-2/h3-4,8-9,16H,5-6H2,1-2H3,(H2,15,17). The predicted molar refractivity (Wildman–Crippen MR) is 80.5 cm³/mol. The van der Waals surface area contributed by atoms with Gasteiger partial charge in [-0.05, 0) is 31.2 Å². The Labute approximate surface area is 122 Å². The van der Waals surface area contributed by atoms with Gasteiger partial charge in [0.2, 0.25) is 0 Å². The van der Waals surface area contributed by atoms with Gasteiger partial charge in [0.25, 0.3) is 5.91 Å². The minimum Gasteiger partial charge on any atom is -0.494 e. The second-order valence-electron chi connectivity index (χ2n) is 4.57. The fourth-order valence-corrected chi connectivity index (χ4v) is 3.27. The van der Waals surface area contributed by atoms with Crippen LogP contribution < -0.4 is 15.8 Å². The Morgan fingerprint density at radius 2 is 2.21 bits per heavy atom. The number of thioether (sulfide) groups is 1. The summed E-state index contributed by atoms with van der Waals surface area (Å²) in [6.07, 6.45) is 4.32. The van der Waals surface area contributed by atoms with Crippen LogP contribution in [0.15, 0.2) is 12.1 Å². The molecule has 0 saturated heterocycles. The van der Waals surface area contributed by atoms with Gasteiger partial charge in [-0.2, -0.15) is 11.8 Å². The predicted octanol–water partition coefficient (Wildman–Crippen LogP) is 2.75. The van der Waals surface area contributed by atoms with Crippen LogP contribution in [0.5, 0.6) is 5.75 Å². The van der Waals surface area contributed by atoms with Crippen molar-refractivity contribution < 1.29 is 9.53 Å². The van der Waals surface area contributed by atoms with Crippen molar-refractivity contribution in [3.8, 4) is 5.75 Å². The number of nitrogens with one attached hydrogen (secondary N) is 1. The van der Waals surface area contributed by atoms with E-state index in [0.29, 0.717) is 27.6 Å². The number of hydrogen-bond acceptors (Lipinski definition) is 4. The van der Waals surface area contributed by atoms with Gasteiger partial charge in [-0.25, -0.2) is 0 Å². The lowest BCUT2D eigenvalue weighted by Crippen LogP contribution is -2.37. The summed E-state index contributed by atoms with van der Waals surface area (Å²) in [5.74, 6) is -0.0810. The molecule has 1 aliphatic rings. The van der Waals surface area contributed by atoms with Gasteiger partial charge in [0.15, 0.2) is 5.75 Å². The van der Waals surface area contributed by atoms with E-state index in [4.69, 9.17) is 22.1 Å². The molecule has 104 valence electrons. The number of ether oxygens (including phenoxy) is 1. The number of primary amides is 1. The third kappa shape index (κ3) is 3.09. The van der Waals surface area contributed by atoms with Crippen LogP contribution in [0.3, 0.4) is 0 Å². The summed E-state index contributed by atoms with van der Waals surface area (Å²) in [5, 5.41) is 4.54. The van der Waals surface area contributed by atoms with E-state index < -0.39 is 5.91 Å². The summed E-state index contributed by atoms with van der Waals surface area (Å²) in [5.41, 5.74) is 6.37. The first-order chi connectivity index (χ1) is 9.05. The largest absolute Gasteiger partial charge is 0.494 e. The van der Waals surface area contributed by atoms with Crippen LogP contribution in [0.2, 0.25) is 5.02 Å². The quantitative estimate of drug-likeness (QED) is 0.877. The van der Waals surface area contributed by atoms with Crippen molar-refractivity contribution in [1.29, 1.82) is 0 Å². The smallest absolute Gasteiger partial charge is 0.252 e. The van der Waals surface area contributed by atoms with Crippen molar-refractivity contribution in [3.05, 3.63) is 22.7 Å². The lowest BCUT2D eigenvalue weighted by molar-refractivity contribution is 0.0997. The SMILES string of the molecule is COc1c(NC2CC(SC)C2)cc(Cl)cc1C(N)=O. The Kier molecular flexibility index (Phi) is 4.47. The van der Waals surface area contributed by atoms with Gasteiger partial charge in [-0.3, -0.25) is 4.79 Å². The number of amides is 1. The maximum absolute atomic E-state index is 11.4. The van der Waals surface area contributed by atoms with Gasteiger partial charge < -0.3 is 15.8 Å². The first-order valence-electron chi connectivity index (χ1n) is 6.01. The number of nitrogens with two attached hydrogens (primary N) is 1. The fourth-order valence-electron chi connectivity index (χ4n) is 2.20. The summed E-state index contributed by atoms with van der Waals surface area (Å²) in [6, 6.07) is 3.68. The second kappa shape index (κ2) is 5.92. The van der Waals surface area contributed by atoms with Crippen LogP contribution in [0.25, 0.3) is 0 Å². The Balaban J connectivity index is 2.22. The molecule has 3 N–H and O–H groups in total. The van der Waals surface area contributed by atoms with E-state index in [1.165, 1.54) is 13.2 Å². The van der Waals surface area contributed by atoms with Gasteiger partial charge >= 0.3 is 0 Å². The Bertz CT molecular complexity index is 490. The molecule has 1 fully saturated rings. The fraction of sp³-hybridized carbons (Fsp3) is 0.462. The summed E-state index contributed by atoms with van der Waals surface area (Å²) >= 11 is 7.89. The van der Waals surface area contributed by atoms with Gasteiger partial charge in [0.1, 0.15) is 0 Å². The molecule has 6 heteroatoms. The first-order valence-corrected chi connectivity index (χ1v) is 7.68. The van der Waals surface area contributed by atoms with Gasteiger partial charge in [0.05, 0.1) is 18.4 Å². The topological polar surface area (TPSA) is 64.3 Å². The summed E-state index contributed by atoms with van der Waals surface area (Å²) in [4.78, 5) is 11.4. The zero-order chi connectivity index (χ0) is 14.0. The number of hydrogen-bond donors (Lipinski definition) is 2. The molecular weight excluding hydrogens is 284 g/mol. The average Bonchev–Trinajstić information content (AvgIpc) is 2.32. The van der Waals surface area contributed by atoms with Crippen molar-refractivity contribution in [3.63, 3.8) is 0 Å². The number of carbonyl (C=O) groups is 1. The van der Waals surface area contributed by atoms with Crippen LogP contribution in [0.4, 0.5) is 5.69 Å². The molecule has 4 nitrogen and oxygen atoms in total. The molecule has 1 aromatic rings. The highest BCUT2D eigenvalue weighted by atomic mass is 35.5. The molecule has 19 heavy (non-hydrogen) atoms. The zero-order valence-corrected chi connectivity index (χ0v) is 12.5. The van der Waals surface area contributed by atoms with E-state index in [9.17, 15) is 4.79 Å². The molecule has 0 heterocycles. The molecule has 0 atom stereocenters. The molecule has 1 aromatic carbocycles. The number of benzene rings is 1. The molecule has 2 rings (SSSR count). The summed E-state index contributed by atoms with van der Waals surface area (Å²) < 4.78 is 5.29. The normalized spacial score (nSPS) is 21.6. The molecule has 0 spiro atoms. The zero-order valence-electron chi connectivity index (χ0n) is 10.9. The lowest BCUT2D eigenvalue weighted by Gasteiger charge is -2.35. The molecule has 0 aromatic heterocycles. The van der Waals surface area contributed by atoms with E-state index in [-0.39, 0.29) is 0 Å². The maximum atomic E-state index is 11.4. The Morgan fingerprint density at radius 1 is 1.53 bits per heavy atom. The maximum Gasteiger partial charge on any atom is 0.252 e. The minimum atomic E-state index is -0.544. The number of anilines is 1. The lowest BCUT2D eigenvalue weighted by atomic mass is 9.92. The number of methoxy groups -OCH3 is 1. The van der Waals surface area contributed by atoms with Crippen molar-refractivity contribution in [2.75, 3.05) is 18.7 Å². The van der Waals surface area contributed by atoms with Crippen LogP contribution in [0, 0.1) is 0 Å². The first kappa shape index (κ1) is 14.3. The minimum absolute atomic E-state index is 0.304. The van der Waals surface area contributed by atoms with Crippen LogP contribution >= 0.6 is 23.4 Å². The number of rotatable bonds is 5. The van der Waals surface area contributed by atoms with Crippen LogP contribution in [-0.4, -0.2) is 30.6 Å². The summed E-state index contributed by atoms with van der Waals surface area (Å²) in [7, 11) is 1.52. The molecule has 0 aliphatic heterocycles. The van der Waals surface area contributed by atoms with Crippen molar-refractivity contribution in [2.45, 2.75) is 24.1 Å². The van der Waals surface area contributed by atoms with Gasteiger partial charge in [0, 0.05) is 16.3 Å². The Morgan fingerprint density at radius 3 is 2.74 bits per heavy atom. The number of halogens is 1. The number of carbonyl (C=O) groups excluding carboxylic acids is 1. The summed E-state index contributed by atoms with van der Waals surface area (Å²) in [6.45, 7) is 0. The van der Waals surface area contributed by atoms with E-state index in [1.54, 1.807) is 6.07 Å².